The van der Waals surface area contributed by atoms with E-state index < -0.39 is 29.6 Å². The molecule has 33 heavy (non-hydrogen) atoms. The number of carbonyl (C=O) groups excluding carboxylic acids is 2. The fourth-order valence-corrected chi connectivity index (χ4v) is 3.43. The van der Waals surface area contributed by atoms with Crippen LogP contribution in [0.4, 0.5) is 13.2 Å². The number of primary amides is 1. The summed E-state index contributed by atoms with van der Waals surface area (Å²) in [7, 11) is 0. The molecular weight excluding hydrogens is 435 g/mol. The molecule has 10 heteroatoms. The average Bonchev–Trinajstić information content (AvgIpc) is 3.23. The first kappa shape index (κ1) is 22.0. The maximum absolute atomic E-state index is 13.0. The molecule has 2 aromatic carbocycles. The largest absolute Gasteiger partial charge is 0.416 e. The van der Waals surface area contributed by atoms with Crippen LogP contribution in [0, 0.1) is 0 Å². The highest BCUT2D eigenvalue weighted by Gasteiger charge is 2.31. The number of halogens is 3. The fraction of sp³-hybridized carbons (Fsp3) is 0.130. The second-order valence-corrected chi connectivity index (χ2v) is 7.36. The van der Waals surface area contributed by atoms with Crippen molar-refractivity contribution in [3.05, 3.63) is 89.5 Å². The number of amides is 2. The molecule has 0 bridgehead atoms. The number of nitrogens with two attached hydrogens (primary N) is 1. The van der Waals surface area contributed by atoms with Gasteiger partial charge in [0.15, 0.2) is 11.3 Å². The maximum Gasteiger partial charge on any atom is 0.416 e. The lowest BCUT2D eigenvalue weighted by Crippen LogP contribution is -2.28. The molecule has 0 saturated heterocycles. The van der Waals surface area contributed by atoms with E-state index in [1.807, 2.05) is 30.3 Å². The van der Waals surface area contributed by atoms with Crippen LogP contribution in [0.5, 0.6) is 0 Å². The Morgan fingerprint density at radius 2 is 1.79 bits per heavy atom. The molecule has 2 aromatic heterocycles. The predicted molar refractivity (Wildman–Crippen MR) is 114 cm³/mol. The molecule has 2 heterocycles. The molecule has 0 saturated carbocycles. The molecule has 0 aliphatic carbocycles. The highest BCUT2D eigenvalue weighted by atomic mass is 19.4. The Hall–Kier alpha value is -4.21. The summed E-state index contributed by atoms with van der Waals surface area (Å²) in [5.41, 5.74) is 6.10. The smallest absolute Gasteiger partial charge is 0.364 e. The third-order valence-corrected chi connectivity index (χ3v) is 5.10. The number of aromatic nitrogens is 3. The van der Waals surface area contributed by atoms with Crippen LogP contribution in [0.3, 0.4) is 0 Å². The number of benzene rings is 2. The van der Waals surface area contributed by atoms with Crippen molar-refractivity contribution in [1.82, 2.24) is 19.7 Å². The van der Waals surface area contributed by atoms with Crippen LogP contribution in [0.1, 0.15) is 45.1 Å². The molecule has 0 radical (unpaired) electrons. The monoisotopic (exact) mass is 453 g/mol. The van der Waals surface area contributed by atoms with E-state index >= 15 is 0 Å². The molecule has 0 spiro atoms. The van der Waals surface area contributed by atoms with Gasteiger partial charge in [-0.3, -0.25) is 14.0 Å². The van der Waals surface area contributed by atoms with Crippen LogP contribution in [0.25, 0.3) is 16.9 Å². The number of hydrogen-bond donors (Lipinski definition) is 2. The number of imidazole rings is 1. The van der Waals surface area contributed by atoms with E-state index in [1.54, 1.807) is 11.3 Å². The highest BCUT2D eigenvalue weighted by molar-refractivity contribution is 5.99. The molecule has 0 aliphatic rings. The number of fused-ring (bicyclic) bond motifs is 1. The topological polar surface area (TPSA) is 102 Å². The van der Waals surface area contributed by atoms with Crippen LogP contribution in [0.15, 0.2) is 67.0 Å². The molecular formula is C23H18F3N5O2. The van der Waals surface area contributed by atoms with Crippen molar-refractivity contribution in [2.24, 2.45) is 5.73 Å². The Labute approximate surface area is 186 Å². The first-order valence-corrected chi connectivity index (χ1v) is 9.86. The van der Waals surface area contributed by atoms with Gasteiger partial charge in [-0.25, -0.2) is 9.97 Å². The fourth-order valence-electron chi connectivity index (χ4n) is 3.43. The van der Waals surface area contributed by atoms with Gasteiger partial charge in [-0.1, -0.05) is 42.5 Å². The molecule has 7 nitrogen and oxygen atoms in total. The number of hydrogen-bond acceptors (Lipinski definition) is 4. The van der Waals surface area contributed by atoms with Gasteiger partial charge >= 0.3 is 6.18 Å². The van der Waals surface area contributed by atoms with E-state index in [4.69, 9.17) is 5.73 Å². The van der Waals surface area contributed by atoms with Crippen molar-refractivity contribution in [3.8, 4) is 11.3 Å². The number of carbonyl (C=O) groups is 2. The quantitative estimate of drug-likeness (QED) is 0.477. The Morgan fingerprint density at radius 1 is 1.06 bits per heavy atom. The predicted octanol–water partition coefficient (Wildman–Crippen LogP) is 4.01. The minimum atomic E-state index is -4.50. The summed E-state index contributed by atoms with van der Waals surface area (Å²) in [6, 6.07) is 14.6. The summed E-state index contributed by atoms with van der Waals surface area (Å²) in [4.78, 5) is 33.1. The Kier molecular flexibility index (Phi) is 5.59. The summed E-state index contributed by atoms with van der Waals surface area (Å²) in [6.45, 7) is 1.57. The van der Waals surface area contributed by atoms with Crippen LogP contribution in [-0.2, 0) is 6.18 Å². The molecule has 3 N–H and O–H groups in total. The lowest BCUT2D eigenvalue weighted by atomic mass is 10.0. The zero-order chi connectivity index (χ0) is 23.8. The maximum atomic E-state index is 13.0. The van der Waals surface area contributed by atoms with E-state index in [0.29, 0.717) is 5.69 Å². The van der Waals surface area contributed by atoms with Crippen LogP contribution < -0.4 is 11.1 Å². The van der Waals surface area contributed by atoms with Crippen molar-refractivity contribution in [2.45, 2.75) is 19.1 Å². The van der Waals surface area contributed by atoms with Gasteiger partial charge in [0.1, 0.15) is 12.0 Å². The van der Waals surface area contributed by atoms with Crippen molar-refractivity contribution < 1.29 is 22.8 Å². The van der Waals surface area contributed by atoms with Crippen LogP contribution in [-0.4, -0.2) is 26.2 Å². The number of nitrogens with zero attached hydrogens (tertiary/aromatic N) is 3. The molecule has 1 unspecified atom stereocenters. The Bertz CT molecular complexity index is 1350. The van der Waals surface area contributed by atoms with Gasteiger partial charge in [0.2, 0.25) is 0 Å². The Morgan fingerprint density at radius 3 is 2.45 bits per heavy atom. The highest BCUT2D eigenvalue weighted by Crippen LogP contribution is 2.31. The summed E-state index contributed by atoms with van der Waals surface area (Å²) in [5.74, 6) is -1.44. The molecule has 1 atom stereocenters. The summed E-state index contributed by atoms with van der Waals surface area (Å²) >= 11 is 0. The average molecular weight is 453 g/mol. The van der Waals surface area contributed by atoms with Gasteiger partial charge < -0.3 is 11.1 Å². The van der Waals surface area contributed by atoms with Gasteiger partial charge in [0.05, 0.1) is 17.3 Å². The first-order chi connectivity index (χ1) is 15.6. The van der Waals surface area contributed by atoms with Gasteiger partial charge in [-0.15, -0.1) is 0 Å². The second-order valence-electron chi connectivity index (χ2n) is 7.36. The summed E-state index contributed by atoms with van der Waals surface area (Å²) < 4.78 is 40.7. The zero-order valence-corrected chi connectivity index (χ0v) is 17.3. The SMILES string of the molecule is CC(NC(=O)c1cc(-c2ccccc2)n2cnc(C(N)=O)c2n1)c1cccc(C(F)(F)F)c1. The zero-order valence-electron chi connectivity index (χ0n) is 17.3. The first-order valence-electron chi connectivity index (χ1n) is 9.86. The van der Waals surface area contributed by atoms with Crippen LogP contribution in [0.2, 0.25) is 0 Å². The van der Waals surface area contributed by atoms with Gasteiger partial charge in [-0.05, 0) is 36.2 Å². The van der Waals surface area contributed by atoms with Crippen molar-refractivity contribution in [1.29, 1.82) is 0 Å². The van der Waals surface area contributed by atoms with Gasteiger partial charge in [0, 0.05) is 0 Å². The summed E-state index contributed by atoms with van der Waals surface area (Å²) in [6.07, 6.45) is -3.11. The van der Waals surface area contributed by atoms with Gasteiger partial charge in [-0.2, -0.15) is 13.2 Å². The molecule has 2 amide bonds. The van der Waals surface area contributed by atoms with Gasteiger partial charge in [0.25, 0.3) is 11.8 Å². The van der Waals surface area contributed by atoms with Crippen LogP contribution >= 0.6 is 0 Å². The molecule has 0 fully saturated rings. The Balaban J connectivity index is 1.73. The molecule has 0 aliphatic heterocycles. The molecule has 4 rings (SSSR count). The second kappa shape index (κ2) is 8.38. The number of alkyl halides is 3. The molecule has 4 aromatic rings. The minimum absolute atomic E-state index is 0.0387. The molecule has 168 valence electrons. The van der Waals surface area contributed by atoms with Crippen molar-refractivity contribution in [3.63, 3.8) is 0 Å². The van der Waals surface area contributed by atoms with E-state index in [-0.39, 0.29) is 22.6 Å². The summed E-state index contributed by atoms with van der Waals surface area (Å²) in [5, 5.41) is 2.66. The van der Waals surface area contributed by atoms with E-state index in [0.717, 1.165) is 17.7 Å². The third kappa shape index (κ3) is 4.40. The lowest BCUT2D eigenvalue weighted by Gasteiger charge is -2.16. The normalized spacial score (nSPS) is 12.5. The third-order valence-electron chi connectivity index (χ3n) is 5.10. The van der Waals surface area contributed by atoms with E-state index in [9.17, 15) is 22.8 Å². The number of rotatable bonds is 5. The number of nitrogens with one attached hydrogen (secondary N) is 1. The minimum Gasteiger partial charge on any atom is -0.364 e. The van der Waals surface area contributed by atoms with Crippen molar-refractivity contribution >= 4 is 17.5 Å². The van der Waals surface area contributed by atoms with E-state index in [2.05, 4.69) is 15.3 Å². The standard InChI is InChI=1S/C23H18F3N5O2/c1-13(15-8-5-9-16(10-15)23(24,25)26)29-22(33)17-11-18(14-6-3-2-4-7-14)31-12-28-19(20(27)32)21(31)30-17/h2-13H,1H3,(H2,27,32)(H,29,33). The lowest BCUT2D eigenvalue weighted by molar-refractivity contribution is -0.137. The van der Waals surface area contributed by atoms with Crippen molar-refractivity contribution in [2.75, 3.05) is 0 Å². The van der Waals surface area contributed by atoms with E-state index in [1.165, 1.54) is 24.5 Å².